The molecule has 7 aromatic carbocycles. The average molecular weight is 1110 g/mol. The Morgan fingerprint density at radius 2 is 0.768 bits per heavy atom. The second kappa shape index (κ2) is 25.6. The van der Waals surface area contributed by atoms with Gasteiger partial charge in [-0.05, 0) is 232 Å². The molecular weight excluding hydrogens is 1020 g/mol. The van der Waals surface area contributed by atoms with Crippen molar-refractivity contribution in [2.75, 3.05) is 52.9 Å². The fourth-order valence-electron chi connectivity index (χ4n) is 12.1. The summed E-state index contributed by atoms with van der Waals surface area (Å²) in [6.45, 7) is 30.9. The third-order valence-electron chi connectivity index (χ3n) is 17.0. The summed E-state index contributed by atoms with van der Waals surface area (Å²) in [5.41, 5.74) is 17.6. The van der Waals surface area contributed by atoms with Gasteiger partial charge in [-0.3, -0.25) is 0 Å². The van der Waals surface area contributed by atoms with Gasteiger partial charge in [0.25, 0.3) is 0 Å². The number of aryl methyl sites for hydroxylation is 8. The Balaban J connectivity index is 0.786. The predicted octanol–water partition coefficient (Wildman–Crippen LogP) is 14.6. The lowest BCUT2D eigenvalue weighted by Gasteiger charge is -2.33. The number of hydrogen-bond acceptors (Lipinski definition) is 10. The lowest BCUT2D eigenvalue weighted by molar-refractivity contribution is -0.0842. The Kier molecular flexibility index (Phi) is 18.7. The summed E-state index contributed by atoms with van der Waals surface area (Å²) in [6, 6.07) is 44.3. The van der Waals surface area contributed by atoms with Gasteiger partial charge in [0.15, 0.2) is 0 Å². The van der Waals surface area contributed by atoms with Gasteiger partial charge < -0.3 is 48.1 Å². The zero-order chi connectivity index (χ0) is 58.5. The summed E-state index contributed by atoms with van der Waals surface area (Å²) >= 11 is 0. The van der Waals surface area contributed by atoms with Crippen molar-refractivity contribution < 1.29 is 48.1 Å². The van der Waals surface area contributed by atoms with E-state index < -0.39 is 23.2 Å². The van der Waals surface area contributed by atoms with Crippen LogP contribution < -0.4 is 18.9 Å². The molecule has 0 radical (unpaired) electrons. The smallest absolute Gasteiger partial charge is 0.125 e. The van der Waals surface area contributed by atoms with Crippen LogP contribution in [0.1, 0.15) is 120 Å². The first-order valence-electron chi connectivity index (χ1n) is 29.3. The minimum absolute atomic E-state index is 0.0713. The zero-order valence-electron chi connectivity index (χ0n) is 50.7. The fourth-order valence-corrected chi connectivity index (χ4v) is 12.1. The van der Waals surface area contributed by atoms with E-state index in [1.165, 1.54) is 16.7 Å². The van der Waals surface area contributed by atoms with E-state index in [-0.39, 0.29) is 44.2 Å². The van der Waals surface area contributed by atoms with Gasteiger partial charge in [0.2, 0.25) is 0 Å². The van der Waals surface area contributed by atoms with Crippen LogP contribution in [0.2, 0.25) is 0 Å². The van der Waals surface area contributed by atoms with Gasteiger partial charge in [0.1, 0.15) is 73.8 Å². The SMILES string of the molecule is CCC(C)(OCC(O)COc1ccc(C(C)(c2ccccc2)c2ccc(OCC(O)COc3c(C)cc(-c4cc(C)c(C(C)(CC)OCC5CO5)c(C)c4)cc3C)cc2)cc1)c1c(C)cc(-c2cc(C)c(OCC3CO3)c(C)c2)cc1C. The molecule has 2 heterocycles. The number of benzene rings is 7. The molecule has 2 aliphatic rings. The molecule has 7 atom stereocenters. The topological polar surface area (TPSA) is 121 Å². The Morgan fingerprint density at radius 1 is 0.427 bits per heavy atom. The third kappa shape index (κ3) is 13.8. The van der Waals surface area contributed by atoms with Crippen LogP contribution in [-0.2, 0) is 35.6 Å². The molecule has 0 bridgehead atoms. The largest absolute Gasteiger partial charge is 0.491 e. The van der Waals surface area contributed by atoms with Crippen LogP contribution in [0.25, 0.3) is 22.3 Å². The molecule has 0 amide bonds. The van der Waals surface area contributed by atoms with Crippen LogP contribution in [0.4, 0.5) is 0 Å². The molecule has 82 heavy (non-hydrogen) atoms. The lowest BCUT2D eigenvalue weighted by Crippen LogP contribution is -2.33. The predicted molar refractivity (Wildman–Crippen MR) is 327 cm³/mol. The maximum Gasteiger partial charge on any atom is 0.125 e. The van der Waals surface area contributed by atoms with E-state index in [2.05, 4.69) is 187 Å². The first kappa shape index (κ1) is 60.1. The Bertz CT molecular complexity index is 3220. The van der Waals surface area contributed by atoms with Crippen molar-refractivity contribution in [3.05, 3.63) is 200 Å². The standard InChI is InChI=1S/C72H86O10/c1-14-70(11,66-45(3)29-53(30-46(66)4)56-35-51(9)69(52(10)36-56)80-43-64-41-77-64)81-40-61(74)38-76-63-27-23-59(24-28-63)72(13,57-19-17-16-18-20-57)58-21-25-62(26-22-58)75-37-60(73)39-79-68-49(7)33-55(34-50(68)8)54-31-47(5)67(48(6)32-54)71(12,15-2)82-44-65-42-78-65/h16-36,60-61,64-65,73-74H,14-15,37-44H2,1-13H3. The van der Waals surface area contributed by atoms with E-state index in [4.69, 9.17) is 37.9 Å². The maximum atomic E-state index is 11.3. The van der Waals surface area contributed by atoms with Crippen molar-refractivity contribution in [1.82, 2.24) is 0 Å². The van der Waals surface area contributed by atoms with Crippen molar-refractivity contribution in [2.24, 2.45) is 0 Å². The van der Waals surface area contributed by atoms with Gasteiger partial charge in [-0.15, -0.1) is 0 Å². The minimum atomic E-state index is -0.853. The van der Waals surface area contributed by atoms with Crippen molar-refractivity contribution in [3.63, 3.8) is 0 Å². The molecule has 2 saturated heterocycles. The summed E-state index contributed by atoms with van der Waals surface area (Å²) in [5, 5.41) is 22.4. The number of epoxide rings is 2. The van der Waals surface area contributed by atoms with E-state index in [0.717, 1.165) is 115 Å². The maximum absolute atomic E-state index is 11.3. The van der Waals surface area contributed by atoms with Crippen LogP contribution in [0.15, 0.2) is 127 Å². The molecule has 2 aliphatic heterocycles. The van der Waals surface area contributed by atoms with Crippen LogP contribution in [0.3, 0.4) is 0 Å². The highest BCUT2D eigenvalue weighted by Crippen LogP contribution is 2.43. The Morgan fingerprint density at radius 3 is 1.17 bits per heavy atom. The fraction of sp³-hybridized carbons (Fsp3) is 0.417. The summed E-state index contributed by atoms with van der Waals surface area (Å²) in [7, 11) is 0. The van der Waals surface area contributed by atoms with Crippen LogP contribution >= 0.6 is 0 Å². The zero-order valence-corrected chi connectivity index (χ0v) is 50.7. The van der Waals surface area contributed by atoms with Crippen LogP contribution in [0.5, 0.6) is 23.0 Å². The normalized spacial score (nSPS) is 17.7. The van der Waals surface area contributed by atoms with Crippen molar-refractivity contribution in [3.8, 4) is 45.3 Å². The van der Waals surface area contributed by atoms with E-state index in [9.17, 15) is 10.2 Å². The van der Waals surface area contributed by atoms with Crippen LogP contribution in [-0.4, -0.2) is 87.5 Å². The first-order chi connectivity index (χ1) is 39.2. The molecule has 0 aliphatic carbocycles. The number of rotatable bonds is 27. The molecule has 0 aromatic heterocycles. The summed E-state index contributed by atoms with van der Waals surface area (Å²) in [5.74, 6) is 3.00. The van der Waals surface area contributed by atoms with E-state index in [1.54, 1.807) is 0 Å². The number of hydrogen-bond donors (Lipinski definition) is 2. The molecule has 434 valence electrons. The molecule has 2 N–H and O–H groups in total. The molecule has 9 rings (SSSR count). The van der Waals surface area contributed by atoms with Gasteiger partial charge in [-0.2, -0.15) is 0 Å². The highest BCUT2D eigenvalue weighted by molar-refractivity contribution is 5.71. The molecule has 7 unspecified atom stereocenters. The molecule has 0 saturated carbocycles. The lowest BCUT2D eigenvalue weighted by atomic mass is 9.71. The van der Waals surface area contributed by atoms with E-state index >= 15 is 0 Å². The number of ether oxygens (including phenoxy) is 8. The number of aliphatic hydroxyl groups is 2. The summed E-state index contributed by atoms with van der Waals surface area (Å²) in [4.78, 5) is 0. The second-order valence-corrected chi connectivity index (χ2v) is 23.6. The molecule has 2 fully saturated rings. The first-order valence-corrected chi connectivity index (χ1v) is 29.3. The van der Waals surface area contributed by atoms with Gasteiger partial charge in [-0.1, -0.05) is 92.7 Å². The Hall–Kier alpha value is -6.50. The summed E-state index contributed by atoms with van der Waals surface area (Å²) < 4.78 is 48.6. The highest BCUT2D eigenvalue weighted by atomic mass is 16.6. The van der Waals surface area contributed by atoms with Gasteiger partial charge in [-0.25, -0.2) is 0 Å². The van der Waals surface area contributed by atoms with Gasteiger partial charge in [0, 0.05) is 5.41 Å². The molecule has 10 nitrogen and oxygen atoms in total. The van der Waals surface area contributed by atoms with Gasteiger partial charge in [0.05, 0.1) is 37.6 Å². The van der Waals surface area contributed by atoms with Gasteiger partial charge >= 0.3 is 0 Å². The van der Waals surface area contributed by atoms with E-state index in [0.29, 0.717) is 24.7 Å². The van der Waals surface area contributed by atoms with Crippen molar-refractivity contribution >= 4 is 0 Å². The quantitative estimate of drug-likeness (QED) is 0.0380. The molecule has 7 aromatic rings. The van der Waals surface area contributed by atoms with E-state index in [1.807, 2.05) is 30.3 Å². The van der Waals surface area contributed by atoms with Crippen molar-refractivity contribution in [2.45, 2.75) is 144 Å². The summed E-state index contributed by atoms with van der Waals surface area (Å²) in [6.07, 6.45) is 0.317. The highest BCUT2D eigenvalue weighted by Gasteiger charge is 2.35. The van der Waals surface area contributed by atoms with Crippen LogP contribution in [0, 0.1) is 55.4 Å². The minimum Gasteiger partial charge on any atom is -0.491 e. The average Bonchev–Trinajstić information content (AvgIpc) is 4.57. The number of aliphatic hydroxyl groups excluding tert-OH is 2. The second-order valence-electron chi connectivity index (χ2n) is 23.6. The monoisotopic (exact) mass is 1110 g/mol. The Labute approximate surface area is 487 Å². The third-order valence-corrected chi connectivity index (χ3v) is 17.0. The molecular formula is C72H86O10. The van der Waals surface area contributed by atoms with Crippen molar-refractivity contribution in [1.29, 1.82) is 0 Å². The molecule has 0 spiro atoms. The molecule has 10 heteroatoms.